The number of rotatable bonds is 15. The molecule has 12 nitrogen and oxygen atoms in total. The molecule has 354 valence electrons. The first-order valence-corrected chi connectivity index (χ1v) is 22.5. The molecule has 0 aliphatic carbocycles. The van der Waals surface area contributed by atoms with Gasteiger partial charge in [-0.05, 0) is 55.7 Å². The Hall–Kier alpha value is -6.83. The highest BCUT2D eigenvalue weighted by Gasteiger charge is 2.65. The van der Waals surface area contributed by atoms with Crippen LogP contribution in [-0.4, -0.2) is 71.5 Å². The molecule has 2 unspecified atom stereocenters. The van der Waals surface area contributed by atoms with Gasteiger partial charge in [-0.2, -0.15) is 26.3 Å². The molecule has 7 rings (SSSR count). The first-order valence-electron chi connectivity index (χ1n) is 20.6. The van der Waals surface area contributed by atoms with Crippen molar-refractivity contribution in [3.05, 3.63) is 162 Å². The molecule has 7 aromatic rings. The highest BCUT2D eigenvalue weighted by atomic mass is 32.2. The van der Waals surface area contributed by atoms with Crippen LogP contribution in [0, 0.1) is 6.92 Å². The number of aromatic nitrogens is 2. The van der Waals surface area contributed by atoms with Crippen molar-refractivity contribution >= 4 is 60.8 Å². The number of ether oxygens (including phenoxy) is 2. The maximum atomic E-state index is 14.3. The number of esters is 1. The Morgan fingerprint density at radius 3 is 1.60 bits per heavy atom. The monoisotopic (exact) mass is 952 g/mol. The van der Waals surface area contributed by atoms with Gasteiger partial charge in [0.05, 0.1) is 35.3 Å². The summed E-state index contributed by atoms with van der Waals surface area (Å²) in [5.41, 5.74) is -4.32. The first-order chi connectivity index (χ1) is 31.6. The van der Waals surface area contributed by atoms with E-state index in [1.165, 1.54) is 48.9 Å². The van der Waals surface area contributed by atoms with Crippen molar-refractivity contribution in [1.82, 2.24) is 9.13 Å². The van der Waals surface area contributed by atoms with Gasteiger partial charge in [0.25, 0.3) is 11.2 Å². The SMILES string of the molecule is CCOC(=O)C(O)(c1cn(Cc2ccccc2)c2c(Nc3ccccc3C)cccc12)C(F)(F)F.CCOC(C(=O)O)(c1cn(Cc2ccccc2)c2c(NS(C)(=O)=O)cccc12)C(F)(F)F. The van der Waals surface area contributed by atoms with Crippen LogP contribution < -0.4 is 10.0 Å². The number of nitrogens with zero attached hydrogens (tertiary/aromatic N) is 2. The van der Waals surface area contributed by atoms with Crippen molar-refractivity contribution < 1.29 is 64.0 Å². The van der Waals surface area contributed by atoms with Gasteiger partial charge in [0, 0.05) is 59.7 Å². The van der Waals surface area contributed by atoms with E-state index in [4.69, 9.17) is 4.74 Å². The lowest BCUT2D eigenvalue weighted by Crippen LogP contribution is -2.51. The second-order valence-electron chi connectivity index (χ2n) is 15.4. The van der Waals surface area contributed by atoms with E-state index in [0.29, 0.717) is 11.2 Å². The van der Waals surface area contributed by atoms with Gasteiger partial charge < -0.3 is 34.1 Å². The minimum absolute atomic E-state index is 0.0187. The van der Waals surface area contributed by atoms with Crippen LogP contribution >= 0.6 is 0 Å². The standard InChI is InChI=1S/C27H25F3N2O3.C21H21F3N2O5S/c1-3-35-25(33)26(34,27(28,29)30)21-17-32(16-19-11-5-4-6-12-19)24-20(21)13-9-15-23(24)31-22-14-8-7-10-18(22)2;1-3-31-20(19(27)28,21(22,23)24)16-13-26(12-14-8-5-4-6-9-14)18-15(16)10-7-11-17(18)25-32(2,29)30/h4-15,17,31,34H,3,16H2,1-2H3;4-11,13,25H,3,12H2,1-2H3,(H,27,28). The molecule has 5 aromatic carbocycles. The van der Waals surface area contributed by atoms with Gasteiger partial charge in [-0.1, -0.05) is 103 Å². The van der Waals surface area contributed by atoms with Gasteiger partial charge >= 0.3 is 24.3 Å². The Morgan fingerprint density at radius 1 is 0.642 bits per heavy atom. The number of carbonyl (C=O) groups is 2. The number of fused-ring (bicyclic) bond motifs is 2. The summed E-state index contributed by atoms with van der Waals surface area (Å²) in [5, 5.41) is 23.9. The number of aliphatic hydroxyl groups is 1. The largest absolute Gasteiger partial charge is 0.479 e. The fourth-order valence-electron chi connectivity index (χ4n) is 7.78. The van der Waals surface area contributed by atoms with Gasteiger partial charge in [0.15, 0.2) is 0 Å². The first kappa shape index (κ1) is 49.6. The quantitative estimate of drug-likeness (QED) is 0.0579. The number of nitrogens with one attached hydrogen (secondary N) is 2. The average Bonchev–Trinajstić information content (AvgIpc) is 3.82. The molecule has 0 aliphatic heterocycles. The number of para-hydroxylation sites is 3. The molecule has 4 N–H and O–H groups in total. The summed E-state index contributed by atoms with van der Waals surface area (Å²) in [6.07, 6.45) is -7.44. The van der Waals surface area contributed by atoms with Crippen LogP contribution in [0.3, 0.4) is 0 Å². The summed E-state index contributed by atoms with van der Waals surface area (Å²) in [5.74, 6) is -3.98. The highest BCUT2D eigenvalue weighted by Crippen LogP contribution is 2.48. The molecule has 0 aliphatic rings. The summed E-state index contributed by atoms with van der Waals surface area (Å²) in [4.78, 5) is 24.5. The van der Waals surface area contributed by atoms with Crippen LogP contribution in [0.25, 0.3) is 21.8 Å². The molecule has 0 spiro atoms. The van der Waals surface area contributed by atoms with E-state index in [-0.39, 0.29) is 41.7 Å². The van der Waals surface area contributed by atoms with E-state index < -0.39 is 63.3 Å². The molecule has 67 heavy (non-hydrogen) atoms. The van der Waals surface area contributed by atoms with Crippen LogP contribution in [0.1, 0.15) is 41.7 Å². The number of anilines is 3. The molecule has 0 radical (unpaired) electrons. The second kappa shape index (κ2) is 19.6. The number of alkyl halides is 6. The number of carboxylic acids is 1. The van der Waals surface area contributed by atoms with E-state index in [1.807, 2.05) is 61.5 Å². The Labute approximate surface area is 381 Å². The fourth-order valence-corrected chi connectivity index (χ4v) is 8.35. The van der Waals surface area contributed by atoms with Crippen LogP contribution in [0.4, 0.5) is 43.4 Å². The van der Waals surface area contributed by atoms with Gasteiger partial charge in [-0.3, -0.25) is 4.72 Å². The third kappa shape index (κ3) is 10.1. The number of aryl methyl sites for hydroxylation is 1. The zero-order valence-electron chi connectivity index (χ0n) is 36.4. The number of hydrogen-bond acceptors (Lipinski definition) is 8. The van der Waals surface area contributed by atoms with Crippen LogP contribution in [0.15, 0.2) is 134 Å². The third-order valence-corrected chi connectivity index (χ3v) is 11.3. The molecule has 0 saturated carbocycles. The number of carbonyl (C=O) groups excluding carboxylic acids is 1. The van der Waals surface area contributed by atoms with Crippen LogP contribution in [-0.2, 0) is 53.4 Å². The number of halogens is 6. The molecule has 19 heteroatoms. The molecule has 0 amide bonds. The van der Waals surface area contributed by atoms with Gasteiger partial charge in [0.1, 0.15) is 0 Å². The van der Waals surface area contributed by atoms with E-state index in [9.17, 15) is 54.6 Å². The van der Waals surface area contributed by atoms with Gasteiger partial charge in [0.2, 0.25) is 10.0 Å². The topological polar surface area (TPSA) is 161 Å². The smallest absolute Gasteiger partial charge is 0.432 e. The van der Waals surface area contributed by atoms with Crippen molar-refractivity contribution in [2.75, 3.05) is 29.5 Å². The Balaban J connectivity index is 0.000000222. The molecule has 2 heterocycles. The van der Waals surface area contributed by atoms with Crippen molar-refractivity contribution in [3.63, 3.8) is 0 Å². The van der Waals surface area contributed by atoms with E-state index in [2.05, 4.69) is 14.8 Å². The van der Waals surface area contributed by atoms with Gasteiger partial charge in [-0.15, -0.1) is 0 Å². The zero-order chi connectivity index (χ0) is 49.0. The Kier molecular flexibility index (Phi) is 14.5. The summed E-state index contributed by atoms with van der Waals surface area (Å²) < 4.78 is 124. The Morgan fingerprint density at radius 2 is 1.12 bits per heavy atom. The minimum atomic E-state index is -5.30. The fraction of sp³-hybridized carbons (Fsp3) is 0.250. The number of sulfonamides is 1. The lowest BCUT2D eigenvalue weighted by Gasteiger charge is -2.31. The predicted molar refractivity (Wildman–Crippen MR) is 241 cm³/mol. The highest BCUT2D eigenvalue weighted by molar-refractivity contribution is 7.92. The maximum absolute atomic E-state index is 14.3. The molecule has 2 atom stereocenters. The normalized spacial score (nSPS) is 13.8. The predicted octanol–water partition coefficient (Wildman–Crippen LogP) is 9.99. The molecule has 0 bridgehead atoms. The maximum Gasteiger partial charge on any atom is 0.432 e. The number of hydrogen-bond donors (Lipinski definition) is 4. The minimum Gasteiger partial charge on any atom is -0.479 e. The van der Waals surface area contributed by atoms with E-state index in [1.54, 1.807) is 47.0 Å². The molecular formula is C48H46F6N4O8S. The van der Waals surface area contributed by atoms with Crippen LogP contribution in [0.2, 0.25) is 0 Å². The molecule has 0 saturated heterocycles. The zero-order valence-corrected chi connectivity index (χ0v) is 37.3. The van der Waals surface area contributed by atoms with E-state index >= 15 is 0 Å². The molecular weight excluding hydrogens is 907 g/mol. The van der Waals surface area contributed by atoms with Crippen LogP contribution in [0.5, 0.6) is 0 Å². The lowest BCUT2D eigenvalue weighted by molar-refractivity contribution is -0.279. The number of benzene rings is 5. The summed E-state index contributed by atoms with van der Waals surface area (Å²) in [6.45, 7) is 4.04. The lowest BCUT2D eigenvalue weighted by atomic mass is 9.92. The molecule has 2 aromatic heterocycles. The van der Waals surface area contributed by atoms with Crippen molar-refractivity contribution in [2.24, 2.45) is 0 Å². The average molecular weight is 953 g/mol. The second-order valence-corrected chi connectivity index (χ2v) is 17.1. The Bertz CT molecular complexity index is 2990. The number of carboxylic acid groups (broad SMARTS) is 1. The van der Waals surface area contributed by atoms with Crippen molar-refractivity contribution in [2.45, 2.75) is 57.4 Å². The summed E-state index contributed by atoms with van der Waals surface area (Å²) in [6, 6.07) is 34.3. The number of aliphatic carboxylic acids is 1. The third-order valence-electron chi connectivity index (χ3n) is 10.7. The van der Waals surface area contributed by atoms with Gasteiger partial charge in [-0.25, -0.2) is 18.0 Å². The van der Waals surface area contributed by atoms with E-state index in [0.717, 1.165) is 34.8 Å². The molecule has 0 fully saturated rings. The van der Waals surface area contributed by atoms with Crippen molar-refractivity contribution in [1.29, 1.82) is 0 Å². The van der Waals surface area contributed by atoms with Crippen molar-refractivity contribution in [3.8, 4) is 0 Å². The summed E-state index contributed by atoms with van der Waals surface area (Å²) in [7, 11) is -3.77. The summed E-state index contributed by atoms with van der Waals surface area (Å²) >= 11 is 0.